The van der Waals surface area contributed by atoms with Crippen LogP contribution in [0.2, 0.25) is 0 Å². The predicted octanol–water partition coefficient (Wildman–Crippen LogP) is 4.44. The van der Waals surface area contributed by atoms with Gasteiger partial charge >= 0.3 is 5.97 Å². The first-order valence-electron chi connectivity index (χ1n) is 8.80. The summed E-state index contributed by atoms with van der Waals surface area (Å²) in [7, 11) is 0. The quantitative estimate of drug-likeness (QED) is 0.750. The van der Waals surface area contributed by atoms with Crippen molar-refractivity contribution in [3.05, 3.63) is 34.9 Å². The maximum Gasteiger partial charge on any atom is 0.307 e. The molecule has 132 valence electrons. The van der Waals surface area contributed by atoms with Crippen LogP contribution in [0.3, 0.4) is 0 Å². The summed E-state index contributed by atoms with van der Waals surface area (Å²) in [6.07, 6.45) is 0.512. The van der Waals surface area contributed by atoms with E-state index in [1.54, 1.807) is 4.90 Å². The molecule has 1 amide bonds. The number of ether oxygens (including phenoxy) is 1. The van der Waals surface area contributed by atoms with Crippen LogP contribution in [0.15, 0.2) is 18.2 Å². The van der Waals surface area contributed by atoms with Gasteiger partial charge in [0.15, 0.2) is 0 Å². The van der Waals surface area contributed by atoms with Gasteiger partial charge in [0.25, 0.3) is 5.91 Å². The van der Waals surface area contributed by atoms with Crippen LogP contribution in [0, 0.1) is 5.92 Å². The maximum atomic E-state index is 12.9. The Morgan fingerprint density at radius 3 is 2.50 bits per heavy atom. The number of carbonyl (C=O) groups is 2. The van der Waals surface area contributed by atoms with Crippen LogP contribution < -0.4 is 0 Å². The van der Waals surface area contributed by atoms with Gasteiger partial charge in [-0.05, 0) is 29.4 Å². The Labute approximate surface area is 145 Å². The minimum atomic E-state index is -0.594. The summed E-state index contributed by atoms with van der Waals surface area (Å²) in [6, 6.07) is 5.93. The highest BCUT2D eigenvalue weighted by Crippen LogP contribution is 2.37. The van der Waals surface area contributed by atoms with Crippen molar-refractivity contribution in [2.45, 2.75) is 66.0 Å². The van der Waals surface area contributed by atoms with Gasteiger partial charge in [-0.15, -0.1) is 0 Å². The van der Waals surface area contributed by atoms with Gasteiger partial charge in [0.05, 0.1) is 0 Å². The van der Waals surface area contributed by atoms with Crippen LogP contribution in [0.4, 0.5) is 0 Å². The highest BCUT2D eigenvalue weighted by molar-refractivity contribution is 5.99. The first kappa shape index (κ1) is 18.5. The van der Waals surface area contributed by atoms with E-state index in [0.717, 1.165) is 17.5 Å². The zero-order valence-corrected chi connectivity index (χ0v) is 15.7. The summed E-state index contributed by atoms with van der Waals surface area (Å²) in [6.45, 7) is 13.0. The van der Waals surface area contributed by atoms with Crippen LogP contribution in [-0.2, 0) is 14.9 Å². The Hall–Kier alpha value is -1.84. The zero-order valence-electron chi connectivity index (χ0n) is 15.7. The second-order valence-corrected chi connectivity index (χ2v) is 8.00. The van der Waals surface area contributed by atoms with E-state index in [2.05, 4.69) is 34.6 Å². The van der Waals surface area contributed by atoms with Crippen LogP contribution in [0.5, 0.6) is 0 Å². The van der Waals surface area contributed by atoms with E-state index in [4.69, 9.17) is 4.74 Å². The molecule has 1 aliphatic rings. The highest BCUT2D eigenvalue weighted by Gasteiger charge is 2.39. The second kappa shape index (κ2) is 6.96. The third-order valence-electron chi connectivity index (χ3n) is 4.22. The number of hydrogen-bond donors (Lipinski definition) is 0. The molecule has 1 heterocycles. The predicted molar refractivity (Wildman–Crippen MR) is 94.8 cm³/mol. The third-order valence-corrected chi connectivity index (χ3v) is 4.22. The van der Waals surface area contributed by atoms with E-state index in [-0.39, 0.29) is 17.3 Å². The molecule has 1 aromatic carbocycles. The van der Waals surface area contributed by atoms with E-state index < -0.39 is 6.23 Å². The van der Waals surface area contributed by atoms with Gasteiger partial charge in [-0.2, -0.15) is 0 Å². The lowest BCUT2D eigenvalue weighted by molar-refractivity contribution is -0.157. The fourth-order valence-electron chi connectivity index (χ4n) is 2.94. The summed E-state index contributed by atoms with van der Waals surface area (Å²) in [5.41, 5.74) is 2.55. The van der Waals surface area contributed by atoms with Gasteiger partial charge in [-0.25, -0.2) is 0 Å². The molecule has 4 heteroatoms. The summed E-state index contributed by atoms with van der Waals surface area (Å²) >= 11 is 0. The van der Waals surface area contributed by atoms with Gasteiger partial charge < -0.3 is 4.74 Å². The van der Waals surface area contributed by atoms with E-state index in [1.807, 2.05) is 25.1 Å². The van der Waals surface area contributed by atoms with Gasteiger partial charge in [0.1, 0.15) is 0 Å². The number of carbonyl (C=O) groups excluding carboxylic acids is 2. The number of rotatable bonds is 5. The van der Waals surface area contributed by atoms with Gasteiger partial charge in [-0.3, -0.25) is 14.5 Å². The number of fused-ring (bicyclic) bond motifs is 1. The van der Waals surface area contributed by atoms with Crippen molar-refractivity contribution in [1.29, 1.82) is 0 Å². The Bertz CT molecular complexity index is 628. The monoisotopic (exact) mass is 331 g/mol. The van der Waals surface area contributed by atoms with Crippen molar-refractivity contribution < 1.29 is 14.3 Å². The van der Waals surface area contributed by atoms with Crippen molar-refractivity contribution in [3.63, 3.8) is 0 Å². The molecule has 1 atom stereocenters. The fraction of sp³-hybridized carbons (Fsp3) is 0.600. The van der Waals surface area contributed by atoms with E-state index in [0.29, 0.717) is 24.4 Å². The SMILES string of the molecule is CCCC(=O)OC1c2ccc(C(C)(C)C)cc2C(=O)N1CC(C)C. The molecule has 4 nitrogen and oxygen atoms in total. The lowest BCUT2D eigenvalue weighted by atomic mass is 9.85. The lowest BCUT2D eigenvalue weighted by Gasteiger charge is -2.26. The molecule has 0 bridgehead atoms. The van der Waals surface area contributed by atoms with Crippen molar-refractivity contribution >= 4 is 11.9 Å². The molecule has 0 saturated heterocycles. The molecule has 0 aromatic heterocycles. The van der Waals surface area contributed by atoms with Crippen LogP contribution in [-0.4, -0.2) is 23.3 Å². The third kappa shape index (κ3) is 3.80. The largest absolute Gasteiger partial charge is 0.437 e. The van der Waals surface area contributed by atoms with Crippen molar-refractivity contribution in [2.24, 2.45) is 5.92 Å². The molecule has 0 radical (unpaired) electrons. The van der Waals surface area contributed by atoms with Crippen LogP contribution in [0.25, 0.3) is 0 Å². The molecule has 0 N–H and O–H groups in total. The zero-order chi connectivity index (χ0) is 18.1. The molecule has 1 unspecified atom stereocenters. The first-order chi connectivity index (χ1) is 11.1. The van der Waals surface area contributed by atoms with Crippen LogP contribution >= 0.6 is 0 Å². The van der Waals surface area contributed by atoms with Crippen LogP contribution in [0.1, 0.15) is 82.1 Å². The van der Waals surface area contributed by atoms with Gasteiger partial charge in [-0.1, -0.05) is 53.7 Å². The van der Waals surface area contributed by atoms with E-state index in [9.17, 15) is 9.59 Å². The molecular weight excluding hydrogens is 302 g/mol. The summed E-state index contributed by atoms with van der Waals surface area (Å²) in [5.74, 6) is 0.00799. The average molecular weight is 331 g/mol. The Kier molecular flexibility index (Phi) is 5.36. The number of esters is 1. The van der Waals surface area contributed by atoms with E-state index in [1.165, 1.54) is 0 Å². The minimum absolute atomic E-state index is 0.0326. The van der Waals surface area contributed by atoms with Crippen molar-refractivity contribution in [2.75, 3.05) is 6.54 Å². The Morgan fingerprint density at radius 2 is 1.96 bits per heavy atom. The number of amides is 1. The number of nitrogens with zero attached hydrogens (tertiary/aromatic N) is 1. The van der Waals surface area contributed by atoms with Crippen molar-refractivity contribution in [3.8, 4) is 0 Å². The van der Waals surface area contributed by atoms with Gasteiger partial charge in [0, 0.05) is 24.1 Å². The lowest BCUT2D eigenvalue weighted by Crippen LogP contribution is -2.34. The molecule has 1 aliphatic heterocycles. The Balaban J connectivity index is 2.41. The molecule has 0 spiro atoms. The highest BCUT2D eigenvalue weighted by atomic mass is 16.6. The normalized spacial score (nSPS) is 17.4. The first-order valence-corrected chi connectivity index (χ1v) is 8.80. The second-order valence-electron chi connectivity index (χ2n) is 8.00. The molecule has 2 rings (SSSR count). The summed E-state index contributed by atoms with van der Waals surface area (Å²) in [5, 5.41) is 0. The molecular formula is C20H29NO3. The Morgan fingerprint density at radius 1 is 1.29 bits per heavy atom. The topological polar surface area (TPSA) is 46.6 Å². The molecule has 0 saturated carbocycles. The number of benzene rings is 1. The number of hydrogen-bond acceptors (Lipinski definition) is 3. The minimum Gasteiger partial charge on any atom is -0.437 e. The fourth-order valence-corrected chi connectivity index (χ4v) is 2.94. The summed E-state index contributed by atoms with van der Waals surface area (Å²) < 4.78 is 5.65. The molecule has 24 heavy (non-hydrogen) atoms. The van der Waals surface area contributed by atoms with E-state index >= 15 is 0 Å². The standard InChI is InChI=1S/C20H29NO3/c1-7-8-17(22)24-19-15-10-9-14(20(4,5)6)11-16(15)18(23)21(19)12-13(2)3/h9-11,13,19H,7-8,12H2,1-6H3. The van der Waals surface area contributed by atoms with Crippen molar-refractivity contribution in [1.82, 2.24) is 4.90 Å². The maximum absolute atomic E-state index is 12.9. The average Bonchev–Trinajstić information content (AvgIpc) is 2.71. The molecule has 0 fully saturated rings. The molecule has 0 aliphatic carbocycles. The van der Waals surface area contributed by atoms with Gasteiger partial charge in [0.2, 0.25) is 6.23 Å². The smallest absolute Gasteiger partial charge is 0.307 e. The summed E-state index contributed by atoms with van der Waals surface area (Å²) in [4.78, 5) is 26.6. The molecule has 1 aromatic rings.